The van der Waals surface area contributed by atoms with Crippen LogP contribution in [0.2, 0.25) is 0 Å². The summed E-state index contributed by atoms with van der Waals surface area (Å²) in [6.07, 6.45) is -0.777. The maximum atomic E-state index is 12.9. The lowest BCUT2D eigenvalue weighted by Gasteiger charge is -2.31. The number of carboxylic acids is 1. The quantitative estimate of drug-likeness (QED) is 0.808. The number of ether oxygens (including phenoxy) is 1. The smallest absolute Gasteiger partial charge is 0.334 e. The van der Waals surface area contributed by atoms with Crippen LogP contribution in [-0.2, 0) is 15.1 Å². The largest absolute Gasteiger partial charge is 0.481 e. The molecule has 0 aliphatic carbocycles. The summed E-state index contributed by atoms with van der Waals surface area (Å²) >= 11 is 0. The minimum Gasteiger partial charge on any atom is -0.481 e. The lowest BCUT2D eigenvalue weighted by molar-refractivity contribution is -0.149. The van der Waals surface area contributed by atoms with Crippen molar-refractivity contribution in [2.24, 2.45) is 0 Å². The van der Waals surface area contributed by atoms with Crippen LogP contribution in [0, 0.1) is 5.82 Å². The van der Waals surface area contributed by atoms with Gasteiger partial charge < -0.3 is 15.2 Å². The molecule has 2 N–H and O–H groups in total. The summed E-state index contributed by atoms with van der Waals surface area (Å²) in [4.78, 5) is 24.4. The summed E-state index contributed by atoms with van der Waals surface area (Å²) in [7, 11) is 0. The van der Waals surface area contributed by atoms with E-state index in [0.29, 0.717) is 11.3 Å². The first kappa shape index (κ1) is 18.4. The first-order valence-electron chi connectivity index (χ1n) is 7.92. The van der Waals surface area contributed by atoms with Gasteiger partial charge in [-0.05, 0) is 43.2 Å². The Morgan fingerprint density at radius 1 is 1.16 bits per heavy atom. The molecule has 2 aromatic carbocycles. The molecular formula is C19H20FNO4. The Labute approximate surface area is 145 Å². The lowest BCUT2D eigenvalue weighted by Crippen LogP contribution is -2.54. The van der Waals surface area contributed by atoms with Gasteiger partial charge >= 0.3 is 5.97 Å². The van der Waals surface area contributed by atoms with Crippen molar-refractivity contribution in [1.29, 1.82) is 0 Å². The average molecular weight is 345 g/mol. The monoisotopic (exact) mass is 345 g/mol. The van der Waals surface area contributed by atoms with Crippen LogP contribution in [0.5, 0.6) is 5.75 Å². The number of hydrogen-bond donors (Lipinski definition) is 2. The van der Waals surface area contributed by atoms with E-state index in [0.717, 1.165) is 0 Å². The summed E-state index contributed by atoms with van der Waals surface area (Å²) < 4.78 is 18.4. The zero-order chi connectivity index (χ0) is 18.4. The van der Waals surface area contributed by atoms with Crippen molar-refractivity contribution in [3.63, 3.8) is 0 Å². The number of nitrogens with one attached hydrogen (secondary N) is 1. The second kappa shape index (κ2) is 7.79. The Balaban J connectivity index is 2.19. The van der Waals surface area contributed by atoms with Crippen molar-refractivity contribution in [2.75, 3.05) is 0 Å². The topological polar surface area (TPSA) is 75.6 Å². The van der Waals surface area contributed by atoms with Crippen molar-refractivity contribution in [3.05, 3.63) is 66.0 Å². The molecule has 2 unspecified atom stereocenters. The van der Waals surface area contributed by atoms with Crippen LogP contribution >= 0.6 is 0 Å². The molecule has 0 bridgehead atoms. The van der Waals surface area contributed by atoms with E-state index in [1.54, 1.807) is 37.3 Å². The van der Waals surface area contributed by atoms with Gasteiger partial charge in [-0.15, -0.1) is 0 Å². The van der Waals surface area contributed by atoms with Gasteiger partial charge in [-0.3, -0.25) is 4.79 Å². The van der Waals surface area contributed by atoms with Gasteiger partial charge in [0.05, 0.1) is 0 Å². The lowest BCUT2D eigenvalue weighted by atomic mass is 9.87. The third kappa shape index (κ3) is 4.15. The fraction of sp³-hybridized carbons (Fsp3) is 0.263. The second-order valence-corrected chi connectivity index (χ2v) is 5.63. The molecule has 0 aliphatic heterocycles. The van der Waals surface area contributed by atoms with Crippen LogP contribution in [0.25, 0.3) is 0 Å². The van der Waals surface area contributed by atoms with Crippen LogP contribution in [0.4, 0.5) is 4.39 Å². The third-order valence-corrected chi connectivity index (χ3v) is 3.99. The van der Waals surface area contributed by atoms with E-state index < -0.39 is 29.3 Å². The highest BCUT2D eigenvalue weighted by Crippen LogP contribution is 2.26. The molecule has 25 heavy (non-hydrogen) atoms. The van der Waals surface area contributed by atoms with Crippen LogP contribution in [0.15, 0.2) is 54.6 Å². The molecule has 0 aromatic heterocycles. The van der Waals surface area contributed by atoms with Crippen molar-refractivity contribution in [2.45, 2.75) is 31.9 Å². The Kier molecular flexibility index (Phi) is 5.75. The van der Waals surface area contributed by atoms with E-state index in [-0.39, 0.29) is 6.42 Å². The fourth-order valence-corrected chi connectivity index (χ4v) is 2.50. The number of hydrogen-bond acceptors (Lipinski definition) is 3. The van der Waals surface area contributed by atoms with Crippen molar-refractivity contribution in [3.8, 4) is 5.75 Å². The summed E-state index contributed by atoms with van der Waals surface area (Å²) in [5.41, 5.74) is -1.06. The minimum atomic E-state index is -1.54. The number of halogens is 1. The normalized spacial score (nSPS) is 14.2. The number of rotatable bonds is 7. The van der Waals surface area contributed by atoms with E-state index in [2.05, 4.69) is 5.32 Å². The minimum absolute atomic E-state index is 0.168. The van der Waals surface area contributed by atoms with Crippen molar-refractivity contribution in [1.82, 2.24) is 5.32 Å². The van der Waals surface area contributed by atoms with E-state index >= 15 is 0 Å². The molecule has 2 aromatic rings. The molecule has 0 saturated carbocycles. The molecule has 5 nitrogen and oxygen atoms in total. The summed E-state index contributed by atoms with van der Waals surface area (Å²) in [6.45, 7) is 3.19. The molecule has 2 atom stereocenters. The summed E-state index contributed by atoms with van der Waals surface area (Å²) in [5, 5.41) is 12.3. The molecule has 2 rings (SSSR count). The van der Waals surface area contributed by atoms with Gasteiger partial charge in [-0.25, -0.2) is 9.18 Å². The fourth-order valence-electron chi connectivity index (χ4n) is 2.50. The molecule has 0 fully saturated rings. The molecule has 0 aliphatic rings. The standard InChI is InChI=1S/C19H20FNO4/c1-3-19(18(23)24,14-7-5-4-6-8-14)21-17(22)13(2)25-16-11-9-15(20)10-12-16/h4-13H,3H2,1-2H3,(H,21,22)(H,23,24). The van der Waals surface area contributed by atoms with Gasteiger partial charge in [0.2, 0.25) is 0 Å². The molecular weight excluding hydrogens is 325 g/mol. The molecule has 0 heterocycles. The highest BCUT2D eigenvalue weighted by Gasteiger charge is 2.41. The van der Waals surface area contributed by atoms with Gasteiger partial charge in [-0.1, -0.05) is 37.3 Å². The van der Waals surface area contributed by atoms with E-state index in [1.165, 1.54) is 31.2 Å². The number of carbonyl (C=O) groups excluding carboxylic acids is 1. The Bertz CT molecular complexity index is 733. The van der Waals surface area contributed by atoms with Gasteiger partial charge in [0.25, 0.3) is 5.91 Å². The van der Waals surface area contributed by atoms with Crippen molar-refractivity contribution >= 4 is 11.9 Å². The van der Waals surface area contributed by atoms with E-state index in [1.807, 2.05) is 0 Å². The zero-order valence-corrected chi connectivity index (χ0v) is 14.0. The number of amides is 1. The third-order valence-electron chi connectivity index (χ3n) is 3.99. The first-order chi connectivity index (χ1) is 11.9. The zero-order valence-electron chi connectivity index (χ0n) is 14.0. The SMILES string of the molecule is CCC(NC(=O)C(C)Oc1ccc(F)cc1)(C(=O)O)c1ccccc1. The Hall–Kier alpha value is -2.89. The van der Waals surface area contributed by atoms with Gasteiger partial charge in [0.1, 0.15) is 11.6 Å². The summed E-state index contributed by atoms with van der Waals surface area (Å²) in [5.74, 6) is -1.81. The van der Waals surface area contributed by atoms with Gasteiger partial charge in [-0.2, -0.15) is 0 Å². The van der Waals surface area contributed by atoms with Crippen molar-refractivity contribution < 1.29 is 23.8 Å². The second-order valence-electron chi connectivity index (χ2n) is 5.63. The highest BCUT2D eigenvalue weighted by molar-refractivity contribution is 5.90. The number of carbonyl (C=O) groups is 2. The molecule has 1 amide bonds. The molecule has 6 heteroatoms. The van der Waals surface area contributed by atoms with E-state index in [4.69, 9.17) is 4.74 Å². The molecule has 132 valence electrons. The van der Waals surface area contributed by atoms with Crippen LogP contribution in [0.3, 0.4) is 0 Å². The van der Waals surface area contributed by atoms with Crippen LogP contribution in [-0.4, -0.2) is 23.1 Å². The predicted octanol–water partition coefficient (Wildman–Crippen LogP) is 3.10. The Morgan fingerprint density at radius 2 is 1.76 bits per heavy atom. The maximum Gasteiger partial charge on any atom is 0.334 e. The van der Waals surface area contributed by atoms with Gasteiger partial charge in [0.15, 0.2) is 11.6 Å². The highest BCUT2D eigenvalue weighted by atomic mass is 19.1. The molecule has 0 saturated heterocycles. The summed E-state index contributed by atoms with van der Waals surface area (Å²) in [6, 6.07) is 13.8. The van der Waals surface area contributed by atoms with E-state index in [9.17, 15) is 19.1 Å². The number of carboxylic acid groups (broad SMARTS) is 1. The maximum absolute atomic E-state index is 12.9. The van der Waals surface area contributed by atoms with Crippen LogP contribution < -0.4 is 10.1 Å². The molecule has 0 radical (unpaired) electrons. The molecule has 0 spiro atoms. The predicted molar refractivity (Wildman–Crippen MR) is 90.7 cm³/mol. The average Bonchev–Trinajstić information content (AvgIpc) is 2.61. The number of aliphatic carboxylic acids is 1. The first-order valence-corrected chi connectivity index (χ1v) is 7.92. The van der Waals surface area contributed by atoms with Gasteiger partial charge in [0, 0.05) is 0 Å². The van der Waals surface area contributed by atoms with Crippen LogP contribution in [0.1, 0.15) is 25.8 Å². The number of benzene rings is 2. The Morgan fingerprint density at radius 3 is 2.28 bits per heavy atom.